The van der Waals surface area contributed by atoms with Gasteiger partial charge in [-0.05, 0) is 29.7 Å². The van der Waals surface area contributed by atoms with Gasteiger partial charge in [0.2, 0.25) is 0 Å². The fourth-order valence-electron chi connectivity index (χ4n) is 1.29. The first kappa shape index (κ1) is 11.7. The summed E-state index contributed by atoms with van der Waals surface area (Å²) in [5.74, 6) is 5.00. The molecule has 0 aliphatic heterocycles. The maximum Gasteiger partial charge on any atom is 0.0719 e. The lowest BCUT2D eigenvalue weighted by Crippen LogP contribution is -2.06. The molecule has 0 radical (unpaired) electrons. The number of hydrogen-bond acceptors (Lipinski definition) is 3. The minimum absolute atomic E-state index is 0.521. The van der Waals surface area contributed by atoms with Crippen LogP contribution in [0.5, 0.6) is 0 Å². The van der Waals surface area contributed by atoms with Crippen molar-refractivity contribution in [3.05, 3.63) is 33.8 Å². The molecular weight excluding hydrogens is 246 g/mol. The van der Waals surface area contributed by atoms with Gasteiger partial charge < -0.3 is 9.57 Å². The molecule has 0 bridgehead atoms. The quantitative estimate of drug-likeness (QED) is 0.824. The SMILES string of the molecule is COCc1ccc(Br)cc1CCON. The van der Waals surface area contributed by atoms with Crippen LogP contribution in [0.1, 0.15) is 11.1 Å². The van der Waals surface area contributed by atoms with E-state index in [9.17, 15) is 0 Å². The van der Waals surface area contributed by atoms with Gasteiger partial charge in [0.05, 0.1) is 13.2 Å². The number of nitrogens with two attached hydrogens (primary N) is 1. The summed E-state index contributed by atoms with van der Waals surface area (Å²) < 4.78 is 6.16. The van der Waals surface area contributed by atoms with E-state index >= 15 is 0 Å². The molecule has 0 aromatic heterocycles. The molecule has 14 heavy (non-hydrogen) atoms. The van der Waals surface area contributed by atoms with Crippen LogP contribution in [0.2, 0.25) is 0 Å². The predicted molar refractivity (Wildman–Crippen MR) is 58.7 cm³/mol. The van der Waals surface area contributed by atoms with E-state index in [-0.39, 0.29) is 0 Å². The van der Waals surface area contributed by atoms with Gasteiger partial charge in [0.15, 0.2) is 0 Å². The van der Waals surface area contributed by atoms with Crippen molar-refractivity contribution in [2.45, 2.75) is 13.0 Å². The van der Waals surface area contributed by atoms with E-state index in [1.165, 1.54) is 11.1 Å². The van der Waals surface area contributed by atoms with Crippen molar-refractivity contribution < 1.29 is 9.57 Å². The van der Waals surface area contributed by atoms with Crippen molar-refractivity contribution in [3.8, 4) is 0 Å². The molecule has 0 amide bonds. The zero-order chi connectivity index (χ0) is 10.4. The Bertz CT molecular complexity index is 291. The van der Waals surface area contributed by atoms with Crippen LogP contribution in [0.4, 0.5) is 0 Å². The lowest BCUT2D eigenvalue weighted by molar-refractivity contribution is 0.140. The predicted octanol–water partition coefficient (Wildman–Crippen LogP) is 2.03. The molecule has 0 saturated carbocycles. The Morgan fingerprint density at radius 2 is 2.14 bits per heavy atom. The van der Waals surface area contributed by atoms with Crippen LogP contribution in [0.25, 0.3) is 0 Å². The van der Waals surface area contributed by atoms with Gasteiger partial charge in [0.25, 0.3) is 0 Å². The van der Waals surface area contributed by atoms with Gasteiger partial charge >= 0.3 is 0 Å². The third kappa shape index (κ3) is 3.38. The number of rotatable bonds is 5. The Kier molecular flexibility index (Phi) is 5.11. The number of benzene rings is 1. The summed E-state index contributed by atoms with van der Waals surface area (Å²) in [5.41, 5.74) is 2.37. The van der Waals surface area contributed by atoms with Crippen molar-refractivity contribution in [2.24, 2.45) is 5.90 Å². The molecule has 0 spiro atoms. The van der Waals surface area contributed by atoms with Crippen LogP contribution in [0, 0.1) is 0 Å². The van der Waals surface area contributed by atoms with Gasteiger partial charge in [-0.3, -0.25) is 0 Å². The summed E-state index contributed by atoms with van der Waals surface area (Å²) in [7, 11) is 1.69. The highest BCUT2D eigenvalue weighted by molar-refractivity contribution is 9.10. The molecule has 1 aromatic rings. The molecule has 0 heterocycles. The molecule has 1 rings (SSSR count). The van der Waals surface area contributed by atoms with Crippen molar-refractivity contribution in [2.75, 3.05) is 13.7 Å². The smallest absolute Gasteiger partial charge is 0.0719 e. The molecule has 0 saturated heterocycles. The molecule has 0 unspecified atom stereocenters. The molecule has 78 valence electrons. The van der Waals surface area contributed by atoms with Crippen LogP contribution >= 0.6 is 15.9 Å². The fraction of sp³-hybridized carbons (Fsp3) is 0.400. The minimum atomic E-state index is 0.521. The van der Waals surface area contributed by atoms with Gasteiger partial charge in [-0.15, -0.1) is 0 Å². The van der Waals surface area contributed by atoms with Crippen molar-refractivity contribution >= 4 is 15.9 Å². The molecule has 1 aromatic carbocycles. The van der Waals surface area contributed by atoms with Gasteiger partial charge in [-0.25, -0.2) is 5.90 Å². The van der Waals surface area contributed by atoms with Gasteiger partial charge in [-0.1, -0.05) is 22.0 Å². The zero-order valence-corrected chi connectivity index (χ0v) is 9.71. The Morgan fingerprint density at radius 3 is 2.79 bits per heavy atom. The molecule has 3 nitrogen and oxygen atoms in total. The third-order valence-corrected chi connectivity index (χ3v) is 2.45. The highest BCUT2D eigenvalue weighted by Gasteiger charge is 2.02. The summed E-state index contributed by atoms with van der Waals surface area (Å²) in [6, 6.07) is 6.11. The van der Waals surface area contributed by atoms with E-state index in [4.69, 9.17) is 10.6 Å². The standard InChI is InChI=1S/C10H14BrNO2/c1-13-7-9-2-3-10(11)6-8(9)4-5-14-12/h2-3,6H,4-5,7,12H2,1H3. The first-order valence-corrected chi connectivity index (χ1v) is 5.15. The average molecular weight is 260 g/mol. The lowest BCUT2D eigenvalue weighted by Gasteiger charge is -2.08. The summed E-state index contributed by atoms with van der Waals surface area (Å²) in [6.07, 6.45) is 0.800. The Morgan fingerprint density at radius 1 is 1.36 bits per heavy atom. The van der Waals surface area contributed by atoms with Crippen molar-refractivity contribution in [1.29, 1.82) is 0 Å². The highest BCUT2D eigenvalue weighted by Crippen LogP contribution is 2.18. The van der Waals surface area contributed by atoms with Crippen LogP contribution in [0.3, 0.4) is 0 Å². The van der Waals surface area contributed by atoms with E-state index in [1.54, 1.807) is 7.11 Å². The largest absolute Gasteiger partial charge is 0.380 e. The average Bonchev–Trinajstić information content (AvgIpc) is 2.18. The second-order valence-corrected chi connectivity index (χ2v) is 3.88. The first-order chi connectivity index (χ1) is 6.77. The van der Waals surface area contributed by atoms with E-state index in [2.05, 4.69) is 26.8 Å². The summed E-state index contributed by atoms with van der Waals surface area (Å²) >= 11 is 3.43. The van der Waals surface area contributed by atoms with E-state index < -0.39 is 0 Å². The first-order valence-electron chi connectivity index (χ1n) is 4.36. The minimum Gasteiger partial charge on any atom is -0.380 e. The van der Waals surface area contributed by atoms with E-state index in [1.807, 2.05) is 12.1 Å². The number of ether oxygens (including phenoxy) is 1. The molecule has 0 aliphatic rings. The summed E-state index contributed by atoms with van der Waals surface area (Å²) in [4.78, 5) is 4.56. The Labute approximate surface area is 92.3 Å². The van der Waals surface area contributed by atoms with Crippen LogP contribution in [-0.2, 0) is 22.6 Å². The topological polar surface area (TPSA) is 44.5 Å². The van der Waals surface area contributed by atoms with E-state index in [0.29, 0.717) is 13.2 Å². The molecule has 0 fully saturated rings. The number of halogens is 1. The second-order valence-electron chi connectivity index (χ2n) is 2.97. The third-order valence-electron chi connectivity index (χ3n) is 1.96. The highest BCUT2D eigenvalue weighted by atomic mass is 79.9. The van der Waals surface area contributed by atoms with Crippen LogP contribution in [-0.4, -0.2) is 13.7 Å². The van der Waals surface area contributed by atoms with Crippen molar-refractivity contribution in [3.63, 3.8) is 0 Å². The lowest BCUT2D eigenvalue weighted by atomic mass is 10.1. The molecule has 0 aliphatic carbocycles. The Hall–Kier alpha value is -0.420. The van der Waals surface area contributed by atoms with Crippen LogP contribution in [0.15, 0.2) is 22.7 Å². The summed E-state index contributed by atoms with van der Waals surface area (Å²) in [6.45, 7) is 1.14. The summed E-state index contributed by atoms with van der Waals surface area (Å²) in [5, 5.41) is 0. The molecule has 4 heteroatoms. The number of hydrogen-bond donors (Lipinski definition) is 1. The molecule has 0 atom stereocenters. The normalized spacial score (nSPS) is 10.5. The van der Waals surface area contributed by atoms with Gasteiger partial charge in [-0.2, -0.15) is 0 Å². The number of methoxy groups -OCH3 is 1. The molecular formula is C10H14BrNO2. The molecule has 2 N–H and O–H groups in total. The zero-order valence-electron chi connectivity index (χ0n) is 8.13. The van der Waals surface area contributed by atoms with Crippen LogP contribution < -0.4 is 5.90 Å². The van der Waals surface area contributed by atoms with Crippen molar-refractivity contribution in [1.82, 2.24) is 0 Å². The van der Waals surface area contributed by atoms with E-state index in [0.717, 1.165) is 10.9 Å². The maximum absolute atomic E-state index is 5.10. The second kappa shape index (κ2) is 6.14. The maximum atomic E-state index is 5.10. The van der Waals surface area contributed by atoms with Gasteiger partial charge in [0, 0.05) is 11.6 Å². The fourth-order valence-corrected chi connectivity index (χ4v) is 1.70. The van der Waals surface area contributed by atoms with Gasteiger partial charge in [0.1, 0.15) is 0 Å². The Balaban J connectivity index is 2.79. The monoisotopic (exact) mass is 259 g/mol.